The molecule has 8 heteroatoms. The number of carbonyl (C=O) groups is 1. The number of urea groups is 1. The van der Waals surface area contributed by atoms with Crippen molar-refractivity contribution in [3.8, 4) is 5.75 Å². The van der Waals surface area contributed by atoms with E-state index in [0.717, 1.165) is 0 Å². The zero-order valence-corrected chi connectivity index (χ0v) is 16.3. The van der Waals surface area contributed by atoms with Crippen molar-refractivity contribution in [3.63, 3.8) is 0 Å². The van der Waals surface area contributed by atoms with Gasteiger partial charge < -0.3 is 4.74 Å². The number of hydrogen-bond donors (Lipinski definition) is 0. The SMILES string of the molecule is CCOc1ccc(N2C(=O)N(c3cccc(Cl)c3)[C@H]3CS(=O)(=O)C[C@@H]32)cc1. The second-order valence-corrected chi connectivity index (χ2v) is 9.23. The number of nitrogens with zero attached hydrogens (tertiary/aromatic N) is 2. The standard InChI is InChI=1S/C19H19ClN2O4S/c1-2-26-16-8-6-14(7-9-16)21-17-11-27(24,25)12-18(17)22(19(21)23)15-5-3-4-13(20)10-15/h3-10,17-18H,2,11-12H2,1H3/t17-,18-/m0/s1. The van der Waals surface area contributed by atoms with Crippen LogP contribution in [0.3, 0.4) is 0 Å². The van der Waals surface area contributed by atoms with Gasteiger partial charge in [-0.2, -0.15) is 0 Å². The Morgan fingerprint density at radius 1 is 1.04 bits per heavy atom. The van der Waals surface area contributed by atoms with E-state index in [2.05, 4.69) is 0 Å². The summed E-state index contributed by atoms with van der Waals surface area (Å²) in [6, 6.07) is 13.0. The van der Waals surface area contributed by atoms with Crippen molar-refractivity contribution >= 4 is 38.8 Å². The number of benzene rings is 2. The van der Waals surface area contributed by atoms with E-state index >= 15 is 0 Å². The first-order valence-corrected chi connectivity index (χ1v) is 10.9. The molecule has 2 fully saturated rings. The first kappa shape index (κ1) is 18.1. The summed E-state index contributed by atoms with van der Waals surface area (Å²) >= 11 is 6.09. The minimum Gasteiger partial charge on any atom is -0.494 e. The molecule has 2 saturated heterocycles. The number of ether oxygens (including phenoxy) is 1. The van der Waals surface area contributed by atoms with Crippen molar-refractivity contribution in [2.24, 2.45) is 0 Å². The molecule has 2 aromatic carbocycles. The highest BCUT2D eigenvalue weighted by atomic mass is 35.5. The van der Waals surface area contributed by atoms with Crippen molar-refractivity contribution in [2.75, 3.05) is 27.9 Å². The van der Waals surface area contributed by atoms with Crippen LogP contribution in [0.1, 0.15) is 6.92 Å². The minimum absolute atomic E-state index is 0.0479. The van der Waals surface area contributed by atoms with E-state index in [4.69, 9.17) is 16.3 Å². The monoisotopic (exact) mass is 406 g/mol. The molecule has 2 atom stereocenters. The molecular weight excluding hydrogens is 388 g/mol. The second-order valence-electron chi connectivity index (χ2n) is 6.64. The number of sulfone groups is 1. The van der Waals surface area contributed by atoms with Gasteiger partial charge in [-0.25, -0.2) is 13.2 Å². The van der Waals surface area contributed by atoms with E-state index in [0.29, 0.717) is 28.8 Å². The molecule has 0 unspecified atom stereocenters. The Labute approximate surface area is 163 Å². The Balaban J connectivity index is 1.74. The number of halogens is 1. The van der Waals surface area contributed by atoms with E-state index in [-0.39, 0.29) is 17.5 Å². The molecule has 2 heterocycles. The maximum atomic E-state index is 13.2. The van der Waals surface area contributed by atoms with Crippen LogP contribution < -0.4 is 14.5 Å². The molecule has 0 N–H and O–H groups in total. The average molecular weight is 407 g/mol. The molecule has 142 valence electrons. The Morgan fingerprint density at radius 3 is 2.26 bits per heavy atom. The molecule has 6 nitrogen and oxygen atoms in total. The van der Waals surface area contributed by atoms with E-state index in [1.807, 2.05) is 6.92 Å². The Bertz CT molecular complexity index is 977. The van der Waals surface area contributed by atoms with Gasteiger partial charge in [0.05, 0.1) is 30.2 Å². The van der Waals surface area contributed by atoms with E-state index in [9.17, 15) is 13.2 Å². The summed E-state index contributed by atoms with van der Waals surface area (Å²) in [6.07, 6.45) is 0. The highest BCUT2D eigenvalue weighted by Crippen LogP contribution is 2.38. The molecular formula is C19H19ClN2O4S. The summed E-state index contributed by atoms with van der Waals surface area (Å²) in [5.74, 6) is 0.604. The van der Waals surface area contributed by atoms with Crippen LogP contribution in [-0.4, -0.2) is 44.6 Å². The van der Waals surface area contributed by atoms with Crippen molar-refractivity contribution < 1.29 is 17.9 Å². The number of carbonyl (C=O) groups excluding carboxylic acids is 1. The molecule has 0 spiro atoms. The van der Waals surface area contributed by atoms with Crippen LogP contribution in [0.5, 0.6) is 5.75 Å². The van der Waals surface area contributed by atoms with Crippen molar-refractivity contribution in [1.82, 2.24) is 0 Å². The van der Waals surface area contributed by atoms with Gasteiger partial charge in [0.15, 0.2) is 9.84 Å². The van der Waals surface area contributed by atoms with Crippen LogP contribution in [-0.2, 0) is 9.84 Å². The van der Waals surface area contributed by atoms with E-state index in [1.165, 1.54) is 0 Å². The summed E-state index contributed by atoms with van der Waals surface area (Å²) in [4.78, 5) is 16.4. The second kappa shape index (κ2) is 6.73. The third-order valence-corrected chi connectivity index (χ3v) is 6.82. The van der Waals surface area contributed by atoms with Crippen LogP contribution in [0.25, 0.3) is 0 Å². The number of hydrogen-bond acceptors (Lipinski definition) is 4. The third-order valence-electron chi connectivity index (χ3n) is 4.88. The zero-order valence-electron chi connectivity index (χ0n) is 14.7. The third kappa shape index (κ3) is 3.26. The number of rotatable bonds is 4. The highest BCUT2D eigenvalue weighted by molar-refractivity contribution is 7.91. The minimum atomic E-state index is -3.23. The lowest BCUT2D eigenvalue weighted by molar-refractivity contribution is 0.255. The van der Waals surface area contributed by atoms with Crippen molar-refractivity contribution in [1.29, 1.82) is 0 Å². The maximum Gasteiger partial charge on any atom is 0.329 e. The van der Waals surface area contributed by atoms with Gasteiger partial charge in [0.25, 0.3) is 0 Å². The first-order valence-electron chi connectivity index (χ1n) is 8.71. The van der Waals surface area contributed by atoms with Gasteiger partial charge in [-0.15, -0.1) is 0 Å². The van der Waals surface area contributed by atoms with E-state index < -0.39 is 21.9 Å². The van der Waals surface area contributed by atoms with Gasteiger partial charge >= 0.3 is 6.03 Å². The lowest BCUT2D eigenvalue weighted by Gasteiger charge is -2.23. The molecule has 4 rings (SSSR count). The Kier molecular flexibility index (Phi) is 4.52. The summed E-state index contributed by atoms with van der Waals surface area (Å²) in [7, 11) is -3.23. The normalized spacial score (nSPS) is 23.6. The Hall–Kier alpha value is -2.25. The predicted molar refractivity (Wildman–Crippen MR) is 106 cm³/mol. The fraction of sp³-hybridized carbons (Fsp3) is 0.316. The smallest absolute Gasteiger partial charge is 0.329 e. The molecule has 0 aromatic heterocycles. The highest BCUT2D eigenvalue weighted by Gasteiger charge is 2.54. The van der Waals surface area contributed by atoms with Crippen LogP contribution in [0, 0.1) is 0 Å². The van der Waals surface area contributed by atoms with Crippen LogP contribution >= 0.6 is 11.6 Å². The van der Waals surface area contributed by atoms with Gasteiger partial charge in [0.1, 0.15) is 5.75 Å². The predicted octanol–water partition coefficient (Wildman–Crippen LogP) is 3.35. The molecule has 0 bridgehead atoms. The molecule has 2 amide bonds. The summed E-state index contributed by atoms with van der Waals surface area (Å²) in [5.41, 5.74) is 1.26. The van der Waals surface area contributed by atoms with Crippen LogP contribution in [0.4, 0.5) is 16.2 Å². The lowest BCUT2D eigenvalue weighted by Crippen LogP contribution is -2.37. The topological polar surface area (TPSA) is 66.9 Å². The van der Waals surface area contributed by atoms with E-state index in [1.54, 1.807) is 58.3 Å². The molecule has 27 heavy (non-hydrogen) atoms. The summed E-state index contributed by atoms with van der Waals surface area (Å²) in [5, 5.41) is 0.497. The molecule has 0 radical (unpaired) electrons. The van der Waals surface area contributed by atoms with Gasteiger partial charge in [-0.1, -0.05) is 17.7 Å². The molecule has 2 aromatic rings. The van der Waals surface area contributed by atoms with Gasteiger partial charge in [-0.3, -0.25) is 9.80 Å². The fourth-order valence-electron chi connectivity index (χ4n) is 3.80. The maximum absolute atomic E-state index is 13.2. The largest absolute Gasteiger partial charge is 0.494 e. The first-order chi connectivity index (χ1) is 12.9. The molecule has 2 aliphatic heterocycles. The molecule has 0 aliphatic carbocycles. The summed E-state index contributed by atoms with van der Waals surface area (Å²) in [6.45, 7) is 2.45. The van der Waals surface area contributed by atoms with Crippen LogP contribution in [0.15, 0.2) is 48.5 Å². The number of amides is 2. The zero-order chi connectivity index (χ0) is 19.2. The number of anilines is 2. The molecule has 0 saturated carbocycles. The van der Waals surface area contributed by atoms with Gasteiger partial charge in [0.2, 0.25) is 0 Å². The fourth-order valence-corrected chi connectivity index (χ4v) is 5.91. The van der Waals surface area contributed by atoms with Crippen molar-refractivity contribution in [3.05, 3.63) is 53.6 Å². The summed E-state index contributed by atoms with van der Waals surface area (Å²) < 4.78 is 30.0. The molecule has 2 aliphatic rings. The Morgan fingerprint density at radius 2 is 1.67 bits per heavy atom. The van der Waals surface area contributed by atoms with Gasteiger partial charge in [0, 0.05) is 16.4 Å². The lowest BCUT2D eigenvalue weighted by atomic mass is 10.1. The number of fused-ring (bicyclic) bond motifs is 1. The van der Waals surface area contributed by atoms with Crippen LogP contribution in [0.2, 0.25) is 5.02 Å². The quantitative estimate of drug-likeness (QED) is 0.730. The van der Waals surface area contributed by atoms with Gasteiger partial charge in [-0.05, 0) is 49.4 Å². The average Bonchev–Trinajstić information content (AvgIpc) is 3.04. The van der Waals surface area contributed by atoms with Crippen molar-refractivity contribution in [2.45, 2.75) is 19.0 Å².